The Hall–Kier alpha value is -1.91. The Balaban J connectivity index is 2.37. The van der Waals surface area contributed by atoms with E-state index in [0.29, 0.717) is 0 Å². The molecule has 0 aliphatic rings. The molecule has 0 fully saturated rings. The number of aromatic nitrogens is 2. The van der Waals surface area contributed by atoms with Crippen LogP contribution in [0.1, 0.15) is 17.0 Å². The van der Waals surface area contributed by atoms with Crippen LogP contribution in [0, 0.1) is 18.6 Å². The minimum atomic E-state index is -0.606. The molecule has 0 aliphatic heterocycles. The van der Waals surface area contributed by atoms with Gasteiger partial charge in [0.2, 0.25) is 0 Å². The second kappa shape index (κ2) is 4.76. The van der Waals surface area contributed by atoms with E-state index in [1.807, 2.05) is 13.0 Å². The molecule has 0 atom stereocenters. The number of halogens is 2. The molecule has 2 aromatic rings. The van der Waals surface area contributed by atoms with Crippen molar-refractivity contribution in [1.29, 1.82) is 0 Å². The number of methoxy groups -OCH3 is 1. The lowest BCUT2D eigenvalue weighted by Gasteiger charge is -2.07. The Bertz CT molecular complexity index is 555. The van der Waals surface area contributed by atoms with Gasteiger partial charge in [-0.25, -0.2) is 8.78 Å². The van der Waals surface area contributed by atoms with E-state index in [-0.39, 0.29) is 17.7 Å². The first kappa shape index (κ1) is 12.5. The van der Waals surface area contributed by atoms with Crippen molar-refractivity contribution in [1.82, 2.24) is 9.78 Å². The van der Waals surface area contributed by atoms with Gasteiger partial charge in [0.05, 0.1) is 12.8 Å². The summed E-state index contributed by atoms with van der Waals surface area (Å²) in [5.41, 5.74) is 1.61. The summed E-state index contributed by atoms with van der Waals surface area (Å²) in [6.45, 7) is 1.84. The van der Waals surface area contributed by atoms with Crippen molar-refractivity contribution in [3.63, 3.8) is 0 Å². The van der Waals surface area contributed by atoms with Gasteiger partial charge in [-0.3, -0.25) is 4.68 Å². The lowest BCUT2D eigenvalue weighted by molar-refractivity contribution is 0.405. The predicted octanol–water partition coefficient (Wildman–Crippen LogP) is 2.61. The number of hydrogen-bond donors (Lipinski definition) is 0. The van der Waals surface area contributed by atoms with Crippen LogP contribution in [0.25, 0.3) is 0 Å². The fourth-order valence-corrected chi connectivity index (χ4v) is 1.88. The van der Waals surface area contributed by atoms with E-state index >= 15 is 0 Å². The van der Waals surface area contributed by atoms with Crippen LogP contribution in [-0.2, 0) is 13.5 Å². The third-order valence-corrected chi connectivity index (χ3v) is 2.81. The lowest BCUT2D eigenvalue weighted by atomic mass is 10.1. The van der Waals surface area contributed by atoms with Gasteiger partial charge in [-0.1, -0.05) is 0 Å². The summed E-state index contributed by atoms with van der Waals surface area (Å²) in [5.74, 6) is -1.04. The summed E-state index contributed by atoms with van der Waals surface area (Å²) >= 11 is 0. The van der Waals surface area contributed by atoms with Crippen molar-refractivity contribution in [2.75, 3.05) is 7.11 Å². The maximum Gasteiger partial charge on any atom is 0.133 e. The number of rotatable bonds is 3. The molecule has 2 rings (SSSR count). The van der Waals surface area contributed by atoms with E-state index < -0.39 is 11.6 Å². The first-order valence-electron chi connectivity index (χ1n) is 5.52. The summed E-state index contributed by atoms with van der Waals surface area (Å²) in [5, 5.41) is 4.15. The molecule has 0 radical (unpaired) electrons. The molecule has 0 amide bonds. The zero-order chi connectivity index (χ0) is 13.3. The third kappa shape index (κ3) is 2.34. The van der Waals surface area contributed by atoms with E-state index in [0.717, 1.165) is 11.4 Å². The van der Waals surface area contributed by atoms with Crippen LogP contribution < -0.4 is 4.74 Å². The standard InChI is InChI=1S/C13H14F2N2O/c1-8-4-9(17(2)16-8)5-11-12(14)6-10(18-3)7-13(11)15/h4,6-7H,5H2,1-3H3. The zero-order valence-electron chi connectivity index (χ0n) is 10.5. The molecule has 5 heteroatoms. The smallest absolute Gasteiger partial charge is 0.133 e. The van der Waals surface area contributed by atoms with Gasteiger partial charge in [-0.15, -0.1) is 0 Å². The fourth-order valence-electron chi connectivity index (χ4n) is 1.88. The normalized spacial score (nSPS) is 10.7. The quantitative estimate of drug-likeness (QED) is 0.839. The minimum Gasteiger partial charge on any atom is -0.497 e. The van der Waals surface area contributed by atoms with Gasteiger partial charge in [-0.2, -0.15) is 5.10 Å². The van der Waals surface area contributed by atoms with Crippen LogP contribution in [-0.4, -0.2) is 16.9 Å². The van der Waals surface area contributed by atoms with Gasteiger partial charge in [-0.05, 0) is 13.0 Å². The minimum absolute atomic E-state index is 0.0267. The Morgan fingerprint density at radius 2 is 1.83 bits per heavy atom. The Kier molecular flexibility index (Phi) is 3.32. The number of hydrogen-bond acceptors (Lipinski definition) is 2. The summed E-state index contributed by atoms with van der Waals surface area (Å²) in [4.78, 5) is 0. The highest BCUT2D eigenvalue weighted by Gasteiger charge is 2.14. The average Bonchev–Trinajstić information content (AvgIpc) is 2.62. The van der Waals surface area contributed by atoms with Crippen LogP contribution in [0.2, 0.25) is 0 Å². The molecule has 1 heterocycles. The van der Waals surface area contributed by atoms with Gasteiger partial charge >= 0.3 is 0 Å². The fraction of sp³-hybridized carbons (Fsp3) is 0.308. The molecule has 0 aliphatic carbocycles. The third-order valence-electron chi connectivity index (χ3n) is 2.81. The highest BCUT2D eigenvalue weighted by Crippen LogP contribution is 2.23. The van der Waals surface area contributed by atoms with Crippen LogP contribution in [0.4, 0.5) is 8.78 Å². The van der Waals surface area contributed by atoms with Gasteiger partial charge in [0, 0.05) is 36.9 Å². The SMILES string of the molecule is COc1cc(F)c(Cc2cc(C)nn2C)c(F)c1. The molecule has 0 N–H and O–H groups in total. The summed E-state index contributed by atoms with van der Waals surface area (Å²) < 4.78 is 34.0. The average molecular weight is 252 g/mol. The van der Waals surface area contributed by atoms with Gasteiger partial charge in [0.1, 0.15) is 17.4 Å². The topological polar surface area (TPSA) is 27.1 Å². The van der Waals surface area contributed by atoms with Crippen molar-refractivity contribution in [2.24, 2.45) is 7.05 Å². The first-order valence-corrected chi connectivity index (χ1v) is 5.52. The number of nitrogens with zero attached hydrogens (tertiary/aromatic N) is 2. The van der Waals surface area contributed by atoms with E-state index in [1.54, 1.807) is 11.7 Å². The molecule has 1 aromatic heterocycles. The van der Waals surface area contributed by atoms with Crippen LogP contribution >= 0.6 is 0 Å². The van der Waals surface area contributed by atoms with E-state index in [4.69, 9.17) is 4.74 Å². The van der Waals surface area contributed by atoms with E-state index in [9.17, 15) is 8.78 Å². The Morgan fingerprint density at radius 3 is 2.28 bits per heavy atom. The predicted molar refractivity (Wildman–Crippen MR) is 63.7 cm³/mol. The summed E-state index contributed by atoms with van der Waals surface area (Å²) in [7, 11) is 3.13. The maximum atomic E-state index is 13.8. The van der Waals surface area contributed by atoms with Gasteiger partial charge < -0.3 is 4.74 Å². The Morgan fingerprint density at radius 1 is 1.22 bits per heavy atom. The summed E-state index contributed by atoms with van der Waals surface area (Å²) in [6, 6.07) is 4.17. The molecule has 3 nitrogen and oxygen atoms in total. The number of benzene rings is 1. The van der Waals surface area contributed by atoms with Crippen molar-refractivity contribution in [3.8, 4) is 5.75 Å². The van der Waals surface area contributed by atoms with Crippen molar-refractivity contribution < 1.29 is 13.5 Å². The van der Waals surface area contributed by atoms with Gasteiger partial charge in [0.15, 0.2) is 0 Å². The van der Waals surface area contributed by atoms with Crippen molar-refractivity contribution in [2.45, 2.75) is 13.3 Å². The monoisotopic (exact) mass is 252 g/mol. The molecule has 0 spiro atoms. The Labute approximate surface area is 104 Å². The highest BCUT2D eigenvalue weighted by atomic mass is 19.1. The summed E-state index contributed by atoms with van der Waals surface area (Å²) in [6.07, 6.45) is 0.166. The van der Waals surface area contributed by atoms with Gasteiger partial charge in [0.25, 0.3) is 0 Å². The van der Waals surface area contributed by atoms with Crippen LogP contribution in [0.5, 0.6) is 5.75 Å². The van der Waals surface area contributed by atoms with E-state index in [2.05, 4.69) is 5.10 Å². The van der Waals surface area contributed by atoms with Crippen molar-refractivity contribution >= 4 is 0 Å². The number of aryl methyl sites for hydroxylation is 2. The maximum absolute atomic E-state index is 13.8. The van der Waals surface area contributed by atoms with E-state index in [1.165, 1.54) is 19.2 Å². The molecule has 0 unspecified atom stereocenters. The molecule has 0 bridgehead atoms. The molecule has 96 valence electrons. The largest absolute Gasteiger partial charge is 0.497 e. The zero-order valence-corrected chi connectivity index (χ0v) is 10.5. The molecule has 0 saturated carbocycles. The molecular formula is C13H14F2N2O. The molecule has 18 heavy (non-hydrogen) atoms. The number of ether oxygens (including phenoxy) is 1. The van der Waals surface area contributed by atoms with Crippen molar-refractivity contribution in [3.05, 3.63) is 46.8 Å². The lowest BCUT2D eigenvalue weighted by Crippen LogP contribution is -2.03. The second-order valence-corrected chi connectivity index (χ2v) is 4.15. The highest BCUT2D eigenvalue weighted by molar-refractivity contribution is 5.33. The van der Waals surface area contributed by atoms with Crippen LogP contribution in [0.15, 0.2) is 18.2 Å². The second-order valence-electron chi connectivity index (χ2n) is 4.15. The first-order chi connectivity index (χ1) is 8.51. The molecule has 0 saturated heterocycles. The molecular weight excluding hydrogens is 238 g/mol. The molecule has 1 aromatic carbocycles. The van der Waals surface area contributed by atoms with Crippen LogP contribution in [0.3, 0.4) is 0 Å².